The van der Waals surface area contributed by atoms with Crippen molar-refractivity contribution in [3.63, 3.8) is 0 Å². The van der Waals surface area contributed by atoms with E-state index >= 15 is 0 Å². The van der Waals surface area contributed by atoms with E-state index in [1.165, 1.54) is 41.3 Å². The van der Waals surface area contributed by atoms with Crippen molar-refractivity contribution < 1.29 is 28.8 Å². The highest BCUT2D eigenvalue weighted by molar-refractivity contribution is 6.23. The average Bonchev–Trinajstić information content (AvgIpc) is 3.30. The third-order valence-corrected chi connectivity index (χ3v) is 8.46. The highest BCUT2D eigenvalue weighted by Gasteiger charge is 2.61. The van der Waals surface area contributed by atoms with Crippen molar-refractivity contribution in [3.05, 3.63) is 135 Å². The molecule has 4 aromatic carbocycles. The molecule has 1 heterocycles. The molecule has 43 heavy (non-hydrogen) atoms. The van der Waals surface area contributed by atoms with E-state index in [1.54, 1.807) is 12.1 Å². The molecule has 3 aliphatic carbocycles. The maximum atomic E-state index is 14.0. The number of hydrogen-bond acceptors (Lipinski definition) is 7. The van der Waals surface area contributed by atoms with Crippen LogP contribution in [0.25, 0.3) is 0 Å². The summed E-state index contributed by atoms with van der Waals surface area (Å²) in [6.45, 7) is -0.642. The molecule has 1 saturated heterocycles. The van der Waals surface area contributed by atoms with Gasteiger partial charge in [-0.25, -0.2) is 9.69 Å². The minimum Gasteiger partial charge on any atom is -0.452 e. The number of ether oxygens (including phenoxy) is 1. The number of nitro groups is 1. The van der Waals surface area contributed by atoms with Gasteiger partial charge in [0.1, 0.15) is 0 Å². The zero-order valence-electron chi connectivity index (χ0n) is 22.5. The van der Waals surface area contributed by atoms with Gasteiger partial charge in [0.25, 0.3) is 11.6 Å². The van der Waals surface area contributed by atoms with E-state index in [0.717, 1.165) is 22.3 Å². The number of hydrogen-bond donors (Lipinski definition) is 1. The quantitative estimate of drug-likeness (QED) is 0.152. The molecule has 212 valence electrons. The van der Waals surface area contributed by atoms with E-state index < -0.39 is 35.2 Å². The molecular formula is C33H23N3O7. The number of esters is 1. The molecule has 4 aliphatic rings. The molecule has 2 bridgehead atoms. The molecule has 0 spiro atoms. The number of amides is 3. The molecule has 1 N–H and O–H groups in total. The summed E-state index contributed by atoms with van der Waals surface area (Å²) in [5, 5.41) is 13.4. The first-order valence-corrected chi connectivity index (χ1v) is 13.7. The van der Waals surface area contributed by atoms with E-state index in [4.69, 9.17) is 4.74 Å². The molecular weight excluding hydrogens is 550 g/mol. The highest BCUT2D eigenvalue weighted by atomic mass is 16.6. The number of nitro benzene ring substituents is 1. The summed E-state index contributed by atoms with van der Waals surface area (Å²) in [6, 6.07) is 27.4. The fourth-order valence-corrected chi connectivity index (χ4v) is 6.81. The number of nitrogens with one attached hydrogen (secondary N) is 1. The summed E-state index contributed by atoms with van der Waals surface area (Å²) >= 11 is 0. The molecule has 1 aliphatic heterocycles. The molecule has 0 aromatic heterocycles. The minimum atomic E-state index is -0.826. The lowest BCUT2D eigenvalue weighted by Crippen LogP contribution is -2.41. The fourth-order valence-electron chi connectivity index (χ4n) is 6.81. The van der Waals surface area contributed by atoms with Crippen molar-refractivity contribution in [1.29, 1.82) is 0 Å². The largest absolute Gasteiger partial charge is 0.452 e. The maximum Gasteiger partial charge on any atom is 0.338 e. The lowest BCUT2D eigenvalue weighted by molar-refractivity contribution is -0.384. The normalized spacial score (nSPS) is 21.1. The standard InChI is InChI=1S/C33H23N3O7/c37-26(34-19-8-6-10-21(16-19)36(41)42)17-43-33(40)18-7-5-9-20(15-18)35-31(38)29-27-22-11-1-2-12-23(22)28(30(29)32(35)39)25-14-4-3-13-24(25)27/h1-16,27-30H,17H2,(H,34,37)/t27?,28?,29-,30-/m0/s1. The van der Waals surface area contributed by atoms with Crippen LogP contribution in [0.15, 0.2) is 97.1 Å². The Balaban J connectivity index is 1.11. The molecule has 8 rings (SSSR count). The second-order valence-corrected chi connectivity index (χ2v) is 10.8. The maximum absolute atomic E-state index is 14.0. The predicted molar refractivity (Wildman–Crippen MR) is 154 cm³/mol. The van der Waals surface area contributed by atoms with E-state index in [9.17, 15) is 29.3 Å². The van der Waals surface area contributed by atoms with Crippen molar-refractivity contribution in [2.24, 2.45) is 11.8 Å². The Morgan fingerprint density at radius 2 is 1.33 bits per heavy atom. The molecule has 10 nitrogen and oxygen atoms in total. The van der Waals surface area contributed by atoms with Crippen molar-refractivity contribution in [2.45, 2.75) is 11.8 Å². The summed E-state index contributed by atoms with van der Waals surface area (Å²) in [6.07, 6.45) is 0. The van der Waals surface area contributed by atoms with Crippen molar-refractivity contribution in [1.82, 2.24) is 0 Å². The van der Waals surface area contributed by atoms with Crippen LogP contribution in [0.4, 0.5) is 17.1 Å². The molecule has 1 fully saturated rings. The van der Waals surface area contributed by atoms with E-state index in [-0.39, 0.29) is 46.3 Å². The number of carbonyl (C=O) groups is 4. The predicted octanol–water partition coefficient (Wildman–Crippen LogP) is 4.79. The monoisotopic (exact) mass is 573 g/mol. The number of anilines is 2. The second kappa shape index (κ2) is 10.0. The van der Waals surface area contributed by atoms with Crippen LogP contribution >= 0.6 is 0 Å². The number of non-ortho nitro benzene ring substituents is 1. The van der Waals surface area contributed by atoms with Gasteiger partial charge in [0, 0.05) is 29.7 Å². The van der Waals surface area contributed by atoms with Crippen LogP contribution in [0, 0.1) is 22.0 Å². The minimum absolute atomic E-state index is 0.0608. The Morgan fingerprint density at radius 3 is 1.88 bits per heavy atom. The Morgan fingerprint density at radius 1 is 0.767 bits per heavy atom. The van der Waals surface area contributed by atoms with Gasteiger partial charge < -0.3 is 10.1 Å². The second-order valence-electron chi connectivity index (χ2n) is 10.8. The topological polar surface area (TPSA) is 136 Å². The van der Waals surface area contributed by atoms with Gasteiger partial charge in [-0.1, -0.05) is 60.7 Å². The van der Waals surface area contributed by atoms with Gasteiger partial charge in [-0.2, -0.15) is 0 Å². The summed E-state index contributed by atoms with van der Waals surface area (Å²) in [5.41, 5.74) is 4.57. The average molecular weight is 574 g/mol. The molecule has 0 saturated carbocycles. The number of rotatable bonds is 6. The van der Waals surface area contributed by atoms with Crippen LogP contribution in [-0.4, -0.2) is 35.2 Å². The van der Waals surface area contributed by atoms with Crippen molar-refractivity contribution in [3.8, 4) is 0 Å². The highest BCUT2D eigenvalue weighted by Crippen LogP contribution is 2.61. The Labute approximate surface area is 245 Å². The number of imide groups is 1. The Kier molecular flexibility index (Phi) is 6.12. The lowest BCUT2D eigenvalue weighted by atomic mass is 9.55. The molecule has 2 atom stereocenters. The molecule has 0 radical (unpaired) electrons. The van der Waals surface area contributed by atoms with Crippen LogP contribution in [-0.2, 0) is 19.1 Å². The lowest BCUT2D eigenvalue weighted by Gasteiger charge is -2.45. The number of nitrogens with zero attached hydrogens (tertiary/aromatic N) is 2. The van der Waals surface area contributed by atoms with Gasteiger partial charge in [0.15, 0.2) is 6.61 Å². The van der Waals surface area contributed by atoms with E-state index in [1.807, 2.05) is 48.5 Å². The SMILES string of the molecule is O=C(COC(=O)c1cccc(N2C(=O)[C@H]3C4c5ccccc5C(c5ccccc54)[C@@H]3C2=O)c1)Nc1cccc([N+](=O)[O-])c1. The summed E-state index contributed by atoms with van der Waals surface area (Å²) < 4.78 is 5.16. The van der Waals surface area contributed by atoms with Crippen LogP contribution in [0.2, 0.25) is 0 Å². The van der Waals surface area contributed by atoms with Crippen molar-refractivity contribution >= 4 is 40.8 Å². The zero-order valence-corrected chi connectivity index (χ0v) is 22.5. The van der Waals surface area contributed by atoms with Gasteiger partial charge in [-0.15, -0.1) is 0 Å². The van der Waals surface area contributed by atoms with Crippen LogP contribution in [0.3, 0.4) is 0 Å². The van der Waals surface area contributed by atoms with Gasteiger partial charge in [0.05, 0.1) is 28.0 Å². The fraction of sp³-hybridized carbons (Fsp3) is 0.152. The summed E-state index contributed by atoms with van der Waals surface area (Å²) in [4.78, 5) is 64.7. The zero-order chi connectivity index (χ0) is 29.8. The summed E-state index contributed by atoms with van der Waals surface area (Å²) in [7, 11) is 0. The van der Waals surface area contributed by atoms with Gasteiger partial charge >= 0.3 is 5.97 Å². The van der Waals surface area contributed by atoms with E-state index in [0.29, 0.717) is 0 Å². The summed E-state index contributed by atoms with van der Waals surface area (Å²) in [5.74, 6) is -3.75. The third kappa shape index (κ3) is 4.18. The van der Waals surface area contributed by atoms with Crippen LogP contribution < -0.4 is 10.2 Å². The van der Waals surface area contributed by atoms with Crippen molar-refractivity contribution in [2.75, 3.05) is 16.8 Å². The Bertz CT molecular complexity index is 1750. The number of benzene rings is 4. The first-order valence-electron chi connectivity index (χ1n) is 13.7. The van der Waals surface area contributed by atoms with Gasteiger partial charge in [-0.05, 0) is 46.5 Å². The first kappa shape index (κ1) is 26.3. The first-order chi connectivity index (χ1) is 20.8. The molecule has 0 unspecified atom stereocenters. The molecule has 10 heteroatoms. The van der Waals surface area contributed by atoms with Gasteiger partial charge in [-0.3, -0.25) is 24.5 Å². The third-order valence-electron chi connectivity index (χ3n) is 8.46. The Hall–Kier alpha value is -5.64. The molecule has 3 amide bonds. The van der Waals surface area contributed by atoms with Crippen LogP contribution in [0.5, 0.6) is 0 Å². The van der Waals surface area contributed by atoms with Gasteiger partial charge in [0.2, 0.25) is 11.8 Å². The molecule has 4 aromatic rings. The number of carbonyl (C=O) groups excluding carboxylic acids is 4. The smallest absolute Gasteiger partial charge is 0.338 e. The van der Waals surface area contributed by atoms with E-state index in [2.05, 4.69) is 5.32 Å². The van der Waals surface area contributed by atoms with Crippen LogP contribution in [0.1, 0.15) is 44.4 Å².